The van der Waals surface area contributed by atoms with Crippen LogP contribution in [0.15, 0.2) is 0 Å². The molecule has 0 spiro atoms. The van der Waals surface area contributed by atoms with Gasteiger partial charge in [0.1, 0.15) is 0 Å². The van der Waals surface area contributed by atoms with Crippen molar-refractivity contribution in [3.05, 3.63) is 4.13 Å². The van der Waals surface area contributed by atoms with Crippen molar-refractivity contribution in [3.63, 3.8) is 0 Å². The Labute approximate surface area is 168 Å². The van der Waals surface area contributed by atoms with Crippen molar-refractivity contribution in [2.24, 2.45) is 0 Å². The van der Waals surface area contributed by atoms with E-state index in [0.29, 0.717) is 11.5 Å². The standard InChI is InChI=1S/C10H24O2PS.C2F6NO4S2/c1-5-13(6-2,7-3)9-10-14(11,12)8-4;3-1(4,5)14(10,11)9-15(12,13)2(6,7)8/h5-10H2,1-4H3;/q+1;-1. The van der Waals surface area contributed by atoms with Crippen LogP contribution in [-0.4, -0.2) is 72.4 Å². The van der Waals surface area contributed by atoms with Gasteiger partial charge in [-0.1, -0.05) is 6.92 Å². The summed E-state index contributed by atoms with van der Waals surface area (Å²) < 4.78 is 132. The molecule has 0 aliphatic rings. The second-order valence-electron chi connectivity index (χ2n) is 5.67. The van der Waals surface area contributed by atoms with Crippen molar-refractivity contribution in [2.75, 3.05) is 36.2 Å². The molecule has 0 radical (unpaired) electrons. The van der Waals surface area contributed by atoms with Crippen LogP contribution in [0, 0.1) is 0 Å². The second-order valence-corrected chi connectivity index (χ2v) is 16.6. The molecule has 0 bridgehead atoms. The van der Waals surface area contributed by atoms with Gasteiger partial charge in [-0.2, -0.15) is 26.3 Å². The number of halogens is 6. The molecule has 0 unspecified atom stereocenters. The van der Waals surface area contributed by atoms with Crippen LogP contribution in [-0.2, 0) is 29.9 Å². The van der Waals surface area contributed by atoms with Crippen molar-refractivity contribution < 1.29 is 51.6 Å². The summed E-state index contributed by atoms with van der Waals surface area (Å²) >= 11 is 0. The Morgan fingerprint density at radius 1 is 0.690 bits per heavy atom. The van der Waals surface area contributed by atoms with E-state index in [2.05, 4.69) is 20.8 Å². The molecule has 0 saturated heterocycles. The Morgan fingerprint density at radius 2 is 1.00 bits per heavy atom. The fraction of sp³-hybridized carbons (Fsp3) is 1.00. The molecule has 0 fully saturated rings. The van der Waals surface area contributed by atoms with E-state index < -0.39 is 48.2 Å². The average molecular weight is 519 g/mol. The number of alkyl halides is 6. The third-order valence-corrected chi connectivity index (χ3v) is 14.1. The third kappa shape index (κ3) is 10.1. The van der Waals surface area contributed by atoms with Crippen LogP contribution in [0.25, 0.3) is 4.13 Å². The number of sulfone groups is 1. The predicted molar refractivity (Wildman–Crippen MR) is 101 cm³/mol. The highest BCUT2D eigenvalue weighted by molar-refractivity contribution is 8.13. The SMILES string of the molecule is CC[P+](CC)(CC)CCS(=O)(=O)CC.O=S(=O)([N-]S(=O)(=O)C(F)(F)F)C(F)(F)F. The molecule has 178 valence electrons. The van der Waals surface area contributed by atoms with E-state index in [-0.39, 0.29) is 0 Å². The number of rotatable bonds is 9. The summed E-state index contributed by atoms with van der Waals surface area (Å²) in [5.74, 6) is 0.705. The van der Waals surface area contributed by atoms with Crippen LogP contribution < -0.4 is 0 Å². The van der Waals surface area contributed by atoms with Gasteiger partial charge in [-0.3, -0.25) is 0 Å². The zero-order valence-electron chi connectivity index (χ0n) is 16.1. The van der Waals surface area contributed by atoms with Crippen LogP contribution in [0.3, 0.4) is 0 Å². The Kier molecular flexibility index (Phi) is 11.7. The maximum absolute atomic E-state index is 11.4. The van der Waals surface area contributed by atoms with Crippen LogP contribution in [0.4, 0.5) is 26.3 Å². The summed E-state index contributed by atoms with van der Waals surface area (Å²) in [4.78, 5) is 0. The topological polar surface area (TPSA) is 117 Å². The Morgan fingerprint density at radius 3 is 1.21 bits per heavy atom. The lowest BCUT2D eigenvalue weighted by atomic mass is 10.9. The number of hydrogen-bond acceptors (Lipinski definition) is 6. The summed E-state index contributed by atoms with van der Waals surface area (Å²) in [6.45, 7) is 8.36. The molecule has 0 aliphatic carbocycles. The Balaban J connectivity index is 0. The average Bonchev–Trinajstić information content (AvgIpc) is 2.54. The van der Waals surface area contributed by atoms with Crippen LogP contribution in [0.1, 0.15) is 27.7 Å². The zero-order valence-corrected chi connectivity index (χ0v) is 19.4. The van der Waals surface area contributed by atoms with Crippen molar-refractivity contribution in [1.29, 1.82) is 0 Å². The van der Waals surface area contributed by atoms with E-state index in [1.807, 2.05) is 0 Å². The minimum Gasteiger partial charge on any atom is -0.421 e. The van der Waals surface area contributed by atoms with Gasteiger partial charge in [0.25, 0.3) is 0 Å². The summed E-state index contributed by atoms with van der Waals surface area (Å²) in [7, 11) is -17.1. The first-order valence-corrected chi connectivity index (χ1v) is 15.3. The molecule has 29 heavy (non-hydrogen) atoms. The lowest BCUT2D eigenvalue weighted by Gasteiger charge is -2.23. The maximum atomic E-state index is 11.4. The Bertz CT molecular complexity index is 767. The first kappa shape index (κ1) is 31.0. The normalized spacial score (nSPS) is 14.3. The van der Waals surface area contributed by atoms with Crippen molar-refractivity contribution in [3.8, 4) is 0 Å². The molecular formula is C12H24F6NO6PS3. The molecule has 17 heteroatoms. The largest absolute Gasteiger partial charge is 0.480 e. The summed E-state index contributed by atoms with van der Waals surface area (Å²) in [6.07, 6.45) is 4.52. The van der Waals surface area contributed by atoms with Crippen molar-refractivity contribution >= 4 is 37.1 Å². The first-order chi connectivity index (χ1) is 12.7. The molecule has 0 aromatic heterocycles. The zero-order chi connectivity index (χ0) is 23.9. The molecule has 0 aliphatic heterocycles. The summed E-state index contributed by atoms with van der Waals surface area (Å²) in [6, 6.07) is 0. The van der Waals surface area contributed by atoms with Crippen molar-refractivity contribution in [1.82, 2.24) is 0 Å². The van der Waals surface area contributed by atoms with Crippen LogP contribution >= 0.6 is 7.26 Å². The van der Waals surface area contributed by atoms with Gasteiger partial charge in [0.2, 0.25) is 0 Å². The van der Waals surface area contributed by atoms with E-state index in [4.69, 9.17) is 0 Å². The predicted octanol–water partition coefficient (Wildman–Crippen LogP) is 3.56. The van der Waals surface area contributed by atoms with Crippen molar-refractivity contribution in [2.45, 2.75) is 38.7 Å². The van der Waals surface area contributed by atoms with Crippen LogP contribution in [0.2, 0.25) is 0 Å². The van der Waals surface area contributed by atoms with E-state index >= 15 is 0 Å². The molecular weight excluding hydrogens is 495 g/mol. The fourth-order valence-electron chi connectivity index (χ4n) is 1.84. The van der Waals surface area contributed by atoms with Gasteiger partial charge < -0.3 is 4.13 Å². The Hall–Kier alpha value is -0.180. The van der Waals surface area contributed by atoms with Gasteiger partial charge in [0, 0.05) is 13.0 Å². The van der Waals surface area contributed by atoms with Gasteiger partial charge >= 0.3 is 11.0 Å². The quantitative estimate of drug-likeness (QED) is 0.340. The van der Waals surface area contributed by atoms with Gasteiger partial charge in [-0.05, 0) is 20.8 Å². The van der Waals surface area contributed by atoms with Crippen LogP contribution in [0.5, 0.6) is 0 Å². The third-order valence-electron chi connectivity index (χ3n) is 4.11. The highest BCUT2D eigenvalue weighted by Gasteiger charge is 2.46. The number of nitrogens with zero attached hydrogens (tertiary/aromatic N) is 1. The van der Waals surface area contributed by atoms with Gasteiger partial charge in [-0.15, -0.1) is 0 Å². The van der Waals surface area contributed by atoms with E-state index in [9.17, 15) is 51.6 Å². The highest BCUT2D eigenvalue weighted by Crippen LogP contribution is 2.57. The van der Waals surface area contributed by atoms with E-state index in [1.54, 1.807) is 6.92 Å². The first-order valence-electron chi connectivity index (χ1n) is 8.08. The smallest absolute Gasteiger partial charge is 0.421 e. The molecule has 0 amide bonds. The highest BCUT2D eigenvalue weighted by atomic mass is 32.3. The van der Waals surface area contributed by atoms with Gasteiger partial charge in [-0.25, -0.2) is 25.3 Å². The minimum absolute atomic E-state index is 0.296. The van der Waals surface area contributed by atoms with Gasteiger partial charge in [0.15, 0.2) is 29.9 Å². The number of sulfonamides is 2. The summed E-state index contributed by atoms with van der Waals surface area (Å²) in [5, 5.41) is 0. The van der Waals surface area contributed by atoms with E-state index in [0.717, 1.165) is 10.3 Å². The maximum Gasteiger partial charge on any atom is 0.480 e. The molecule has 0 N–H and O–H groups in total. The molecule has 0 heterocycles. The lowest BCUT2D eigenvalue weighted by Crippen LogP contribution is -2.30. The van der Waals surface area contributed by atoms with Gasteiger partial charge in [0.05, 0.1) is 30.4 Å². The molecule has 0 aromatic carbocycles. The molecule has 0 rings (SSSR count). The van der Waals surface area contributed by atoms with E-state index in [1.165, 1.54) is 18.5 Å². The fourth-order valence-corrected chi connectivity index (χ4v) is 8.79. The monoisotopic (exact) mass is 519 g/mol. The number of hydrogen-bond donors (Lipinski definition) is 0. The molecule has 7 nitrogen and oxygen atoms in total. The lowest BCUT2D eigenvalue weighted by molar-refractivity contribution is -0.0444. The minimum atomic E-state index is -6.72. The molecule has 0 atom stereocenters. The second kappa shape index (κ2) is 10.9. The molecule has 0 aromatic rings. The molecule has 0 saturated carbocycles. The summed E-state index contributed by atoms with van der Waals surface area (Å²) in [5.41, 5.74) is -12.4.